The highest BCUT2D eigenvalue weighted by Crippen LogP contribution is 2.34. The summed E-state index contributed by atoms with van der Waals surface area (Å²) in [6, 6.07) is 5.01. The first-order valence-electron chi connectivity index (χ1n) is 8.56. The van der Waals surface area contributed by atoms with E-state index >= 15 is 0 Å². The maximum absolute atomic E-state index is 13.3. The average Bonchev–Trinajstić information content (AvgIpc) is 3.38. The number of hydrogen-bond acceptors (Lipinski definition) is 5. The number of amides is 1. The zero-order chi connectivity index (χ0) is 19.4. The highest BCUT2D eigenvalue weighted by Gasteiger charge is 2.37. The minimum atomic E-state index is -0.478. The van der Waals surface area contributed by atoms with Crippen LogP contribution in [-0.2, 0) is 13.5 Å². The number of H-pyrrole nitrogens is 1. The Morgan fingerprint density at radius 3 is 2.93 bits per heavy atom. The third-order valence-corrected chi connectivity index (χ3v) is 5.34. The first-order valence-corrected chi connectivity index (χ1v) is 9.32. The molecule has 4 aromatic rings. The van der Waals surface area contributed by atoms with Crippen molar-refractivity contribution in [1.29, 1.82) is 0 Å². The van der Waals surface area contributed by atoms with E-state index in [1.54, 1.807) is 28.9 Å². The third kappa shape index (κ3) is 2.58. The van der Waals surface area contributed by atoms with Gasteiger partial charge >= 0.3 is 0 Å². The fourth-order valence-corrected chi connectivity index (χ4v) is 4.00. The lowest BCUT2D eigenvalue weighted by Gasteiger charge is -2.33. The van der Waals surface area contributed by atoms with Crippen molar-refractivity contribution in [3.8, 4) is 0 Å². The first kappa shape index (κ1) is 17.2. The predicted octanol–water partition coefficient (Wildman–Crippen LogP) is 2.28. The van der Waals surface area contributed by atoms with Gasteiger partial charge in [-0.2, -0.15) is 10.1 Å². The number of nitrogens with one attached hydrogen (secondary N) is 1. The Bertz CT molecular complexity index is 1210. The normalized spacial score (nSPS) is 16.5. The number of aromatic nitrogens is 7. The minimum absolute atomic E-state index is 0.0272. The van der Waals surface area contributed by atoms with Crippen molar-refractivity contribution in [1.82, 2.24) is 39.2 Å². The molecule has 0 spiro atoms. The maximum Gasteiger partial charge on any atom is 0.292 e. The molecule has 5 heterocycles. The number of imidazole rings is 1. The highest BCUT2D eigenvalue weighted by atomic mass is 35.5. The summed E-state index contributed by atoms with van der Waals surface area (Å²) in [5.41, 5.74) is 3.17. The van der Waals surface area contributed by atoms with Gasteiger partial charge in [-0.3, -0.25) is 4.79 Å². The van der Waals surface area contributed by atoms with Crippen molar-refractivity contribution in [2.24, 2.45) is 7.05 Å². The largest absolute Gasteiger partial charge is 0.348 e. The number of hydrogen-bond donors (Lipinski definition) is 1. The van der Waals surface area contributed by atoms with Crippen LogP contribution in [0.15, 0.2) is 30.7 Å². The predicted molar refractivity (Wildman–Crippen MR) is 101 cm³/mol. The Labute approximate surface area is 168 Å². The smallest absolute Gasteiger partial charge is 0.292 e. The number of carbonyl (C=O) groups is 1. The zero-order valence-corrected chi connectivity index (χ0v) is 16.2. The van der Waals surface area contributed by atoms with Gasteiger partial charge in [0.15, 0.2) is 0 Å². The number of halogens is 2. The summed E-state index contributed by atoms with van der Waals surface area (Å²) in [5, 5.41) is 9.22. The van der Waals surface area contributed by atoms with Crippen LogP contribution in [0, 0.1) is 0 Å². The van der Waals surface area contributed by atoms with Crippen LogP contribution >= 0.6 is 23.2 Å². The fourth-order valence-electron chi connectivity index (χ4n) is 3.60. The van der Waals surface area contributed by atoms with Gasteiger partial charge in [0.1, 0.15) is 6.04 Å². The lowest BCUT2D eigenvalue weighted by atomic mass is 9.99. The van der Waals surface area contributed by atoms with Gasteiger partial charge in [-0.05, 0) is 29.8 Å². The summed E-state index contributed by atoms with van der Waals surface area (Å²) in [6.07, 6.45) is 4.10. The number of pyridine rings is 1. The van der Waals surface area contributed by atoms with Crippen molar-refractivity contribution in [3.05, 3.63) is 63.9 Å². The molecule has 142 valence electrons. The quantitative estimate of drug-likeness (QED) is 0.540. The Kier molecular flexibility index (Phi) is 3.88. The van der Waals surface area contributed by atoms with Gasteiger partial charge < -0.3 is 9.88 Å². The van der Waals surface area contributed by atoms with Crippen LogP contribution in [-0.4, -0.2) is 51.7 Å². The summed E-state index contributed by atoms with van der Waals surface area (Å²) in [5.74, 6) is -0.125. The van der Waals surface area contributed by atoms with E-state index < -0.39 is 6.04 Å². The molecular weight excluding hydrogens is 403 g/mol. The molecule has 9 nitrogen and oxygen atoms in total. The minimum Gasteiger partial charge on any atom is -0.348 e. The van der Waals surface area contributed by atoms with E-state index in [0.717, 1.165) is 16.9 Å². The van der Waals surface area contributed by atoms with Crippen LogP contribution < -0.4 is 0 Å². The molecule has 0 saturated carbocycles. The molecule has 0 aromatic carbocycles. The van der Waals surface area contributed by atoms with E-state index in [9.17, 15) is 4.79 Å². The summed E-state index contributed by atoms with van der Waals surface area (Å²) in [7, 11) is 1.63. The molecule has 0 fully saturated rings. The van der Waals surface area contributed by atoms with Crippen LogP contribution in [0.1, 0.15) is 33.7 Å². The molecule has 11 heteroatoms. The number of fused-ring (bicyclic) bond motifs is 2. The molecule has 1 amide bonds. The Balaban J connectivity index is 1.65. The second-order valence-electron chi connectivity index (χ2n) is 6.50. The summed E-state index contributed by atoms with van der Waals surface area (Å²) in [6.45, 7) is 0.477. The van der Waals surface area contributed by atoms with Crippen molar-refractivity contribution < 1.29 is 4.79 Å². The number of aromatic amines is 1. The number of rotatable bonds is 2. The van der Waals surface area contributed by atoms with Gasteiger partial charge in [0.25, 0.3) is 5.91 Å². The highest BCUT2D eigenvalue weighted by molar-refractivity contribution is 6.33. The third-order valence-electron chi connectivity index (χ3n) is 4.86. The van der Waals surface area contributed by atoms with Gasteiger partial charge in [0, 0.05) is 31.9 Å². The van der Waals surface area contributed by atoms with Crippen LogP contribution in [0.25, 0.3) is 5.52 Å². The van der Waals surface area contributed by atoms with E-state index in [4.69, 9.17) is 23.2 Å². The van der Waals surface area contributed by atoms with Crippen LogP contribution in [0.2, 0.25) is 10.3 Å². The molecule has 0 bridgehead atoms. The maximum atomic E-state index is 13.3. The molecule has 4 aromatic heterocycles. The van der Waals surface area contributed by atoms with E-state index in [1.165, 1.54) is 4.68 Å². The van der Waals surface area contributed by atoms with Crippen molar-refractivity contribution >= 4 is 34.6 Å². The average molecular weight is 417 g/mol. The Hall–Kier alpha value is -2.91. The molecule has 1 unspecified atom stereocenters. The zero-order valence-electron chi connectivity index (χ0n) is 14.7. The lowest BCUT2D eigenvalue weighted by Crippen LogP contribution is -2.42. The number of carbonyl (C=O) groups excluding carboxylic acids is 1. The van der Waals surface area contributed by atoms with Gasteiger partial charge in [0.05, 0.1) is 28.3 Å². The number of aryl methyl sites for hydroxylation is 1. The van der Waals surface area contributed by atoms with Crippen molar-refractivity contribution in [2.45, 2.75) is 12.5 Å². The van der Waals surface area contributed by atoms with Gasteiger partial charge in [-0.25, -0.2) is 14.2 Å². The topological polar surface area (TPSA) is 97.0 Å². The van der Waals surface area contributed by atoms with Crippen molar-refractivity contribution in [2.75, 3.05) is 6.54 Å². The fraction of sp³-hybridized carbons (Fsp3) is 0.235. The molecule has 28 heavy (non-hydrogen) atoms. The first-order chi connectivity index (χ1) is 13.5. The standard InChI is InChI=1S/C17H14Cl2N8O/c1-25-15(22-17(19)24-25)16(28)26-6-4-10-13(21-8-20-10)14(26)11-7-12-9(18)3-2-5-27(12)23-11/h2-3,5,7-8,14H,4,6H2,1H3,(H,20,21). The molecule has 5 rings (SSSR count). The molecular formula is C17H14Cl2N8O. The Morgan fingerprint density at radius 1 is 1.32 bits per heavy atom. The van der Waals surface area contributed by atoms with Gasteiger partial charge in [0.2, 0.25) is 11.1 Å². The second-order valence-corrected chi connectivity index (χ2v) is 7.25. The van der Waals surface area contributed by atoms with E-state index in [-0.39, 0.29) is 17.0 Å². The molecule has 1 aliphatic heterocycles. The van der Waals surface area contributed by atoms with E-state index in [2.05, 4.69) is 25.1 Å². The number of nitrogens with zero attached hydrogens (tertiary/aromatic N) is 7. The monoisotopic (exact) mass is 416 g/mol. The second kappa shape index (κ2) is 6.32. The van der Waals surface area contributed by atoms with Crippen molar-refractivity contribution in [3.63, 3.8) is 0 Å². The molecule has 0 aliphatic carbocycles. The summed E-state index contributed by atoms with van der Waals surface area (Å²) < 4.78 is 3.07. The molecule has 0 saturated heterocycles. The molecule has 1 N–H and O–H groups in total. The van der Waals surface area contributed by atoms with E-state index in [0.29, 0.717) is 23.7 Å². The summed E-state index contributed by atoms with van der Waals surface area (Å²) in [4.78, 5) is 26.6. The van der Waals surface area contributed by atoms with Crippen LogP contribution in [0.5, 0.6) is 0 Å². The van der Waals surface area contributed by atoms with Gasteiger partial charge in [-0.15, -0.1) is 5.10 Å². The lowest BCUT2D eigenvalue weighted by molar-refractivity contribution is 0.0669. The SMILES string of the molecule is Cn1nc(Cl)nc1C(=O)N1CCc2[nH]cnc2C1c1cc2c(Cl)cccn2n1. The van der Waals surface area contributed by atoms with Gasteiger partial charge in [-0.1, -0.05) is 11.6 Å². The Morgan fingerprint density at radius 2 is 2.18 bits per heavy atom. The van der Waals surface area contributed by atoms with Crippen LogP contribution in [0.3, 0.4) is 0 Å². The molecule has 0 radical (unpaired) electrons. The van der Waals surface area contributed by atoms with Crippen LogP contribution in [0.4, 0.5) is 0 Å². The molecule has 1 aliphatic rings. The van der Waals surface area contributed by atoms with E-state index in [1.807, 2.05) is 18.3 Å². The molecule has 1 atom stereocenters. The summed E-state index contributed by atoms with van der Waals surface area (Å²) >= 11 is 12.2.